The molecule has 0 radical (unpaired) electrons. The first-order valence-electron chi connectivity index (χ1n) is 10.5. The van der Waals surface area contributed by atoms with Crippen molar-refractivity contribution in [3.63, 3.8) is 0 Å². The van der Waals surface area contributed by atoms with Crippen LogP contribution in [0, 0.1) is 6.92 Å². The van der Waals surface area contributed by atoms with E-state index in [0.717, 1.165) is 11.3 Å². The Balaban J connectivity index is 1.63. The maximum atomic E-state index is 13.2. The summed E-state index contributed by atoms with van der Waals surface area (Å²) in [6, 6.07) is 15.7. The van der Waals surface area contributed by atoms with Crippen LogP contribution in [-0.2, 0) is 26.6 Å². The number of anilines is 1. The number of hydrogen-bond donors (Lipinski definition) is 0. The lowest BCUT2D eigenvalue weighted by atomic mass is 9.87. The molecule has 2 aliphatic rings. The van der Waals surface area contributed by atoms with Gasteiger partial charge in [-0.05, 0) is 35.6 Å². The van der Waals surface area contributed by atoms with E-state index in [-0.39, 0.29) is 41.5 Å². The molecule has 6 heteroatoms. The average Bonchev–Trinajstić information content (AvgIpc) is 2.98. The first-order valence-corrected chi connectivity index (χ1v) is 12.3. The summed E-state index contributed by atoms with van der Waals surface area (Å²) in [6.45, 7) is 9.30. The SMILES string of the molecule is Cc1ccc(CN2CC(=O)N(c3ccc(C(C)(C)C)cc3)[C@@H]3CS(=O)(=O)C[C@@H]32)cc1. The van der Waals surface area contributed by atoms with Crippen molar-refractivity contribution in [1.29, 1.82) is 0 Å². The van der Waals surface area contributed by atoms with Crippen LogP contribution in [0.25, 0.3) is 0 Å². The molecule has 2 aromatic carbocycles. The number of carbonyl (C=O) groups excluding carboxylic acids is 1. The number of carbonyl (C=O) groups is 1. The molecule has 5 nitrogen and oxygen atoms in total. The van der Waals surface area contributed by atoms with Gasteiger partial charge in [-0.15, -0.1) is 0 Å². The van der Waals surface area contributed by atoms with Crippen LogP contribution in [0.2, 0.25) is 0 Å². The Kier molecular flexibility index (Phi) is 5.27. The molecule has 2 aromatic rings. The van der Waals surface area contributed by atoms with Crippen LogP contribution in [0.1, 0.15) is 37.5 Å². The van der Waals surface area contributed by atoms with Gasteiger partial charge in [0.1, 0.15) is 0 Å². The summed E-state index contributed by atoms with van der Waals surface area (Å²) < 4.78 is 25.1. The van der Waals surface area contributed by atoms with Crippen molar-refractivity contribution in [3.05, 3.63) is 65.2 Å². The first kappa shape index (κ1) is 21.1. The molecule has 0 spiro atoms. The van der Waals surface area contributed by atoms with Gasteiger partial charge in [-0.1, -0.05) is 62.7 Å². The number of sulfone groups is 1. The number of piperazine rings is 1. The molecule has 4 rings (SSSR count). The van der Waals surface area contributed by atoms with Crippen LogP contribution in [0.3, 0.4) is 0 Å². The van der Waals surface area contributed by atoms with Crippen LogP contribution < -0.4 is 4.90 Å². The van der Waals surface area contributed by atoms with E-state index in [0.29, 0.717) is 6.54 Å². The summed E-state index contributed by atoms with van der Waals surface area (Å²) >= 11 is 0. The molecule has 160 valence electrons. The topological polar surface area (TPSA) is 57.7 Å². The van der Waals surface area contributed by atoms with Gasteiger partial charge in [0.15, 0.2) is 9.84 Å². The molecule has 2 heterocycles. The largest absolute Gasteiger partial charge is 0.306 e. The molecule has 0 aromatic heterocycles. The molecular weight excluding hydrogens is 396 g/mol. The highest BCUT2D eigenvalue weighted by molar-refractivity contribution is 7.91. The highest BCUT2D eigenvalue weighted by Gasteiger charge is 2.49. The van der Waals surface area contributed by atoms with Crippen LogP contribution in [0.4, 0.5) is 5.69 Å². The van der Waals surface area contributed by atoms with Crippen molar-refractivity contribution >= 4 is 21.4 Å². The van der Waals surface area contributed by atoms with Crippen molar-refractivity contribution < 1.29 is 13.2 Å². The summed E-state index contributed by atoms with van der Waals surface area (Å²) in [6.07, 6.45) is 0. The van der Waals surface area contributed by atoms with Crippen molar-refractivity contribution in [2.75, 3.05) is 23.0 Å². The van der Waals surface area contributed by atoms with E-state index < -0.39 is 9.84 Å². The molecule has 2 saturated heterocycles. The quantitative estimate of drug-likeness (QED) is 0.756. The van der Waals surface area contributed by atoms with Gasteiger partial charge in [-0.2, -0.15) is 0 Å². The monoisotopic (exact) mass is 426 g/mol. The number of aryl methyl sites for hydroxylation is 1. The maximum Gasteiger partial charge on any atom is 0.241 e. The van der Waals surface area contributed by atoms with E-state index in [1.165, 1.54) is 11.1 Å². The van der Waals surface area contributed by atoms with Gasteiger partial charge in [-0.3, -0.25) is 9.69 Å². The number of benzene rings is 2. The lowest BCUT2D eigenvalue weighted by molar-refractivity contribution is -0.123. The molecule has 30 heavy (non-hydrogen) atoms. The van der Waals surface area contributed by atoms with Crippen molar-refractivity contribution in [3.8, 4) is 0 Å². The maximum absolute atomic E-state index is 13.2. The lowest BCUT2D eigenvalue weighted by Crippen LogP contribution is -2.61. The van der Waals surface area contributed by atoms with Gasteiger partial charge in [-0.25, -0.2) is 8.42 Å². The number of rotatable bonds is 3. The minimum Gasteiger partial charge on any atom is -0.306 e. The minimum absolute atomic E-state index is 0.0223. The third-order valence-electron chi connectivity index (χ3n) is 6.22. The Bertz CT molecular complexity index is 1040. The predicted molar refractivity (Wildman–Crippen MR) is 120 cm³/mol. The Hall–Kier alpha value is -2.18. The fourth-order valence-corrected chi connectivity index (χ4v) is 6.50. The smallest absolute Gasteiger partial charge is 0.241 e. The zero-order valence-corrected chi connectivity index (χ0v) is 18.9. The van der Waals surface area contributed by atoms with Gasteiger partial charge in [0.25, 0.3) is 0 Å². The normalized spacial score (nSPS) is 24.1. The first-order chi connectivity index (χ1) is 14.0. The third kappa shape index (κ3) is 4.16. The summed E-state index contributed by atoms with van der Waals surface area (Å²) in [5.41, 5.74) is 4.27. The molecule has 1 amide bonds. The molecule has 2 atom stereocenters. The number of fused-ring (bicyclic) bond motifs is 1. The molecule has 0 N–H and O–H groups in total. The highest BCUT2D eigenvalue weighted by atomic mass is 32.2. The molecule has 0 unspecified atom stereocenters. The Morgan fingerprint density at radius 1 is 0.933 bits per heavy atom. The van der Waals surface area contributed by atoms with Gasteiger partial charge < -0.3 is 4.90 Å². The third-order valence-corrected chi connectivity index (χ3v) is 7.92. The Morgan fingerprint density at radius 3 is 2.13 bits per heavy atom. The second kappa shape index (κ2) is 7.50. The van der Waals surface area contributed by atoms with Crippen LogP contribution >= 0.6 is 0 Å². The zero-order valence-electron chi connectivity index (χ0n) is 18.1. The number of hydrogen-bond acceptors (Lipinski definition) is 4. The lowest BCUT2D eigenvalue weighted by Gasteiger charge is -2.43. The molecule has 2 aliphatic heterocycles. The number of nitrogens with zero attached hydrogens (tertiary/aromatic N) is 2. The summed E-state index contributed by atoms with van der Waals surface area (Å²) in [4.78, 5) is 16.9. The van der Waals surface area contributed by atoms with E-state index in [1.54, 1.807) is 4.90 Å². The van der Waals surface area contributed by atoms with E-state index in [4.69, 9.17) is 0 Å². The van der Waals surface area contributed by atoms with Gasteiger partial charge in [0.05, 0.1) is 24.1 Å². The van der Waals surface area contributed by atoms with Crippen molar-refractivity contribution in [2.24, 2.45) is 0 Å². The summed E-state index contributed by atoms with van der Waals surface area (Å²) in [5, 5.41) is 0. The van der Waals surface area contributed by atoms with E-state index in [9.17, 15) is 13.2 Å². The summed E-state index contributed by atoms with van der Waals surface area (Å²) in [5.74, 6) is 0.0892. The second-order valence-electron chi connectivity index (χ2n) is 9.66. The molecule has 2 fully saturated rings. The van der Waals surface area contributed by atoms with E-state index in [2.05, 4.69) is 32.9 Å². The van der Waals surface area contributed by atoms with Gasteiger partial charge in [0.2, 0.25) is 5.91 Å². The average molecular weight is 427 g/mol. The zero-order chi connectivity index (χ0) is 21.7. The molecular formula is C24H30N2O3S. The van der Waals surface area contributed by atoms with E-state index in [1.807, 2.05) is 48.2 Å². The van der Waals surface area contributed by atoms with Crippen molar-refractivity contribution in [1.82, 2.24) is 4.90 Å². The molecule has 0 bridgehead atoms. The fraction of sp³-hybridized carbons (Fsp3) is 0.458. The number of amides is 1. The van der Waals surface area contributed by atoms with Gasteiger partial charge in [0, 0.05) is 18.3 Å². The molecule has 0 aliphatic carbocycles. The highest BCUT2D eigenvalue weighted by Crippen LogP contribution is 2.33. The summed E-state index contributed by atoms with van der Waals surface area (Å²) in [7, 11) is -3.19. The van der Waals surface area contributed by atoms with Gasteiger partial charge >= 0.3 is 0 Å². The second-order valence-corrected chi connectivity index (χ2v) is 11.8. The fourth-order valence-electron chi connectivity index (χ4n) is 4.52. The predicted octanol–water partition coefficient (Wildman–Crippen LogP) is 3.31. The van der Waals surface area contributed by atoms with E-state index >= 15 is 0 Å². The minimum atomic E-state index is -3.19. The van der Waals surface area contributed by atoms with Crippen molar-refractivity contribution in [2.45, 2.75) is 51.7 Å². The van der Waals surface area contributed by atoms with Crippen LogP contribution in [-0.4, -0.2) is 49.4 Å². The molecule has 0 saturated carbocycles. The Morgan fingerprint density at radius 2 is 1.53 bits per heavy atom. The van der Waals surface area contributed by atoms with Crippen LogP contribution in [0.15, 0.2) is 48.5 Å². The standard InChI is InChI=1S/C24H30N2O3S/c1-17-5-7-18(8-6-17)13-25-14-23(27)26(22-16-30(28,29)15-21(22)25)20-11-9-19(10-12-20)24(2,3)4/h5-12,21-22H,13-16H2,1-4H3/t21-,22+/m0/s1. The van der Waals surface area contributed by atoms with Crippen LogP contribution in [0.5, 0.6) is 0 Å². The Labute approximate surface area is 179 Å².